The number of nitrogens with zero attached hydrogens (tertiary/aromatic N) is 3. The molecule has 6 heteroatoms. The quantitative estimate of drug-likeness (QED) is 0.195. The molecule has 51 heavy (non-hydrogen) atoms. The van der Waals surface area contributed by atoms with Gasteiger partial charge in [0, 0.05) is 48.9 Å². The summed E-state index contributed by atoms with van der Waals surface area (Å²) in [5, 5.41) is 13.2. The number of aromatic nitrogens is 2. The average molecular weight is 676 g/mol. The summed E-state index contributed by atoms with van der Waals surface area (Å²) in [6.07, 6.45) is 8.72. The molecule has 0 saturated carbocycles. The number of amidine groups is 1. The molecule has 0 fully saturated rings. The highest BCUT2D eigenvalue weighted by Crippen LogP contribution is 2.57. The number of thioether (sulfide) groups is 1. The smallest absolute Gasteiger partial charge is 0.184 e. The summed E-state index contributed by atoms with van der Waals surface area (Å²) in [6.45, 7) is 0. The molecule has 6 aromatic carbocycles. The first-order valence-electron chi connectivity index (χ1n) is 17.6. The molecule has 4 heterocycles. The fourth-order valence-corrected chi connectivity index (χ4v) is 10.1. The van der Waals surface area contributed by atoms with Crippen LogP contribution in [0.3, 0.4) is 0 Å². The molecule has 3 aliphatic rings. The van der Waals surface area contributed by atoms with E-state index in [4.69, 9.17) is 4.99 Å². The summed E-state index contributed by atoms with van der Waals surface area (Å²) in [6, 6.07) is 49.9. The van der Waals surface area contributed by atoms with Crippen molar-refractivity contribution in [1.29, 1.82) is 0 Å². The van der Waals surface area contributed by atoms with E-state index >= 15 is 0 Å². The third kappa shape index (κ3) is 4.30. The van der Waals surface area contributed by atoms with Gasteiger partial charge in [-0.25, -0.2) is 4.99 Å². The van der Waals surface area contributed by atoms with E-state index in [-0.39, 0.29) is 18.4 Å². The molecule has 5 nitrogen and oxygen atoms in total. The normalized spacial score (nSPS) is 20.9. The zero-order valence-corrected chi connectivity index (χ0v) is 28.5. The number of nitrogens with one attached hydrogen (secondary N) is 2. The van der Waals surface area contributed by atoms with Gasteiger partial charge in [0.15, 0.2) is 6.29 Å². The second kappa shape index (κ2) is 11.4. The molecule has 2 N–H and O–H groups in total. The van der Waals surface area contributed by atoms with Crippen molar-refractivity contribution < 1.29 is 0 Å². The summed E-state index contributed by atoms with van der Waals surface area (Å²) in [5.74, 6) is 1.15. The van der Waals surface area contributed by atoms with E-state index in [1.54, 1.807) is 0 Å². The monoisotopic (exact) mass is 675 g/mol. The number of hydrogen-bond acceptors (Lipinski definition) is 4. The van der Waals surface area contributed by atoms with Crippen molar-refractivity contribution in [2.75, 3.05) is 0 Å². The third-order valence-electron chi connectivity index (χ3n) is 10.7. The van der Waals surface area contributed by atoms with Gasteiger partial charge in [-0.1, -0.05) is 140 Å². The summed E-state index contributed by atoms with van der Waals surface area (Å²) in [4.78, 5) is 6.85. The lowest BCUT2D eigenvalue weighted by Gasteiger charge is -2.33. The van der Waals surface area contributed by atoms with Gasteiger partial charge in [0.25, 0.3) is 0 Å². The van der Waals surface area contributed by atoms with Gasteiger partial charge < -0.3 is 14.5 Å². The van der Waals surface area contributed by atoms with Crippen LogP contribution in [0, 0.1) is 0 Å². The van der Waals surface area contributed by atoms with E-state index in [9.17, 15) is 0 Å². The van der Waals surface area contributed by atoms with E-state index in [0.717, 1.165) is 22.6 Å². The Kier molecular flexibility index (Phi) is 6.45. The Labute approximate surface area is 299 Å². The van der Waals surface area contributed by atoms with Crippen molar-refractivity contribution in [2.45, 2.75) is 28.5 Å². The summed E-state index contributed by atoms with van der Waals surface area (Å²) in [5.41, 5.74) is 9.70. The molecule has 8 aromatic rings. The van der Waals surface area contributed by atoms with Crippen LogP contribution in [0.2, 0.25) is 0 Å². The minimum atomic E-state index is -0.375. The maximum absolute atomic E-state index is 5.50. The van der Waals surface area contributed by atoms with E-state index in [0.29, 0.717) is 5.25 Å². The van der Waals surface area contributed by atoms with Gasteiger partial charge in [0.05, 0.1) is 22.1 Å². The maximum atomic E-state index is 5.50. The first-order valence-corrected chi connectivity index (χ1v) is 18.5. The lowest BCUT2D eigenvalue weighted by Crippen LogP contribution is -2.46. The highest BCUT2D eigenvalue weighted by molar-refractivity contribution is 8.00. The SMILES string of the molecule is C1=CC2Sc3c(c4c5ccccc5n(-c5ccccc5)c4c4c5ccccc5n(C5N=C(c6ccccc6)NC(c6ccccc6)N5)c34)C2C=C1. The molecule has 0 amide bonds. The first kappa shape index (κ1) is 29.0. The second-order valence-electron chi connectivity index (χ2n) is 13.5. The molecular weight excluding hydrogens is 643 g/mol. The molecule has 0 saturated heterocycles. The predicted octanol–water partition coefficient (Wildman–Crippen LogP) is 10.4. The van der Waals surface area contributed by atoms with Crippen LogP contribution < -0.4 is 10.6 Å². The maximum Gasteiger partial charge on any atom is 0.184 e. The number of para-hydroxylation sites is 3. The van der Waals surface area contributed by atoms with Gasteiger partial charge in [-0.15, -0.1) is 11.8 Å². The zero-order chi connectivity index (χ0) is 33.5. The van der Waals surface area contributed by atoms with Crippen LogP contribution in [0.25, 0.3) is 49.3 Å². The number of fused-ring (bicyclic) bond motifs is 12. The Morgan fingerprint density at radius 1 is 0.608 bits per heavy atom. The Morgan fingerprint density at radius 2 is 1.25 bits per heavy atom. The van der Waals surface area contributed by atoms with E-state index in [1.807, 2.05) is 11.8 Å². The lowest BCUT2D eigenvalue weighted by atomic mass is 9.88. The third-order valence-corrected chi connectivity index (χ3v) is 12.1. The van der Waals surface area contributed by atoms with Crippen molar-refractivity contribution in [3.63, 3.8) is 0 Å². The van der Waals surface area contributed by atoms with Crippen molar-refractivity contribution in [1.82, 2.24) is 19.8 Å². The van der Waals surface area contributed by atoms with Crippen LogP contribution in [0.15, 0.2) is 174 Å². The standard InChI is InChI=1S/C45H33N5S/c1-4-16-28(17-5-1)43-46-44(29-18-6-2-7-19-29)48-45(47-43)50-35-26-14-11-23-32(35)39-40-37(38-33-24-12-15-27-36(33)51-42(38)41(39)50)31-22-10-13-25-34(31)49(40)30-20-8-3-9-21-30/h1-27,33,36,43,45,47H,(H,46,48). The molecule has 4 unspecified atom stereocenters. The minimum absolute atomic E-state index is 0.145. The Bertz CT molecular complexity index is 2740. The molecule has 0 bridgehead atoms. The molecule has 0 radical (unpaired) electrons. The van der Waals surface area contributed by atoms with Crippen molar-refractivity contribution in [3.8, 4) is 5.69 Å². The molecule has 2 aromatic heterocycles. The van der Waals surface area contributed by atoms with Crippen molar-refractivity contribution in [2.24, 2.45) is 4.99 Å². The largest absolute Gasteiger partial charge is 0.350 e. The van der Waals surface area contributed by atoms with E-state index in [2.05, 4.69) is 184 Å². The Hall–Kier alpha value is -5.82. The fourth-order valence-electron chi connectivity index (χ4n) is 8.58. The summed E-state index contributed by atoms with van der Waals surface area (Å²) < 4.78 is 5.00. The van der Waals surface area contributed by atoms with Crippen LogP contribution in [0.4, 0.5) is 0 Å². The van der Waals surface area contributed by atoms with Crippen molar-refractivity contribution in [3.05, 3.63) is 181 Å². The number of aliphatic imine (C=N–C) groups is 1. The molecule has 0 spiro atoms. The summed E-state index contributed by atoms with van der Waals surface area (Å²) in [7, 11) is 0. The van der Waals surface area contributed by atoms with Crippen LogP contribution in [-0.2, 0) is 0 Å². The molecule has 11 rings (SSSR count). The van der Waals surface area contributed by atoms with Crippen LogP contribution >= 0.6 is 11.8 Å². The topological polar surface area (TPSA) is 46.3 Å². The highest BCUT2D eigenvalue weighted by atomic mass is 32.2. The predicted molar refractivity (Wildman–Crippen MR) is 212 cm³/mol. The number of hydrogen-bond donors (Lipinski definition) is 2. The number of allylic oxidation sites excluding steroid dienone is 3. The van der Waals surface area contributed by atoms with E-state index in [1.165, 1.54) is 54.1 Å². The van der Waals surface area contributed by atoms with Crippen LogP contribution in [-0.4, -0.2) is 20.2 Å². The van der Waals surface area contributed by atoms with Crippen LogP contribution in [0.5, 0.6) is 0 Å². The molecule has 1 aliphatic carbocycles. The van der Waals surface area contributed by atoms with Crippen molar-refractivity contribution >= 4 is 61.2 Å². The second-order valence-corrected chi connectivity index (χ2v) is 14.7. The van der Waals surface area contributed by atoms with Gasteiger partial charge in [-0.3, -0.25) is 5.32 Å². The van der Waals surface area contributed by atoms with Gasteiger partial charge >= 0.3 is 0 Å². The molecule has 244 valence electrons. The Morgan fingerprint density at radius 3 is 2.04 bits per heavy atom. The molecular formula is C45H33N5S. The summed E-state index contributed by atoms with van der Waals surface area (Å²) >= 11 is 2.01. The van der Waals surface area contributed by atoms with Gasteiger partial charge in [-0.05, 0) is 35.4 Å². The average Bonchev–Trinajstić information content (AvgIpc) is 3.87. The van der Waals surface area contributed by atoms with Gasteiger partial charge in [0.1, 0.15) is 12.0 Å². The first-order chi connectivity index (χ1) is 25.3. The van der Waals surface area contributed by atoms with E-state index < -0.39 is 0 Å². The minimum Gasteiger partial charge on any atom is -0.350 e. The number of benzene rings is 6. The van der Waals surface area contributed by atoms with Gasteiger partial charge in [0.2, 0.25) is 0 Å². The Balaban J connectivity index is 1.30. The van der Waals surface area contributed by atoms with Crippen LogP contribution in [0.1, 0.15) is 35.1 Å². The van der Waals surface area contributed by atoms with Gasteiger partial charge in [-0.2, -0.15) is 0 Å². The lowest BCUT2D eigenvalue weighted by molar-refractivity contribution is 0.341. The zero-order valence-electron chi connectivity index (χ0n) is 27.6. The highest BCUT2D eigenvalue weighted by Gasteiger charge is 2.39. The molecule has 4 atom stereocenters. The molecule has 2 aliphatic heterocycles. The fraction of sp³-hybridized carbons (Fsp3) is 0.0889. The number of rotatable bonds is 4.